The summed E-state index contributed by atoms with van der Waals surface area (Å²) in [6, 6.07) is 8.40. The Bertz CT molecular complexity index is 1180. The molecule has 1 saturated heterocycles. The molecular weight excluding hydrogens is 445 g/mol. The standard InChI is InChI=1S/C24H25F3N6O/c1-15-14-32(18-4-2-17(3-5-18)24(25,26)27)23(34)22-20(13-30-33(15)22)16-8-10-31(11-9-16)19-6-7-21(28)29-12-19/h2-7,12-13,15-16H,8-11,14H2,1H3,(H2,28,29). The maximum Gasteiger partial charge on any atom is 0.416 e. The lowest BCUT2D eigenvalue weighted by molar-refractivity contribution is -0.137. The maximum absolute atomic E-state index is 13.5. The van der Waals surface area contributed by atoms with Gasteiger partial charge in [-0.2, -0.15) is 18.3 Å². The normalized spacial score (nSPS) is 19.4. The van der Waals surface area contributed by atoms with Crippen molar-refractivity contribution in [3.8, 4) is 0 Å². The zero-order valence-corrected chi connectivity index (χ0v) is 18.7. The van der Waals surface area contributed by atoms with Crippen LogP contribution in [0, 0.1) is 0 Å². The molecule has 1 atom stereocenters. The molecule has 0 aliphatic carbocycles. The molecule has 3 aromatic rings. The first-order valence-corrected chi connectivity index (χ1v) is 11.3. The van der Waals surface area contributed by atoms with Gasteiger partial charge in [-0.3, -0.25) is 9.48 Å². The molecule has 1 fully saturated rings. The summed E-state index contributed by atoms with van der Waals surface area (Å²) in [4.78, 5) is 21.5. The van der Waals surface area contributed by atoms with Gasteiger partial charge in [-0.25, -0.2) is 4.98 Å². The van der Waals surface area contributed by atoms with Crippen molar-refractivity contribution in [2.24, 2.45) is 0 Å². The molecule has 7 nitrogen and oxygen atoms in total. The Morgan fingerprint density at radius 3 is 2.29 bits per heavy atom. The summed E-state index contributed by atoms with van der Waals surface area (Å²) in [7, 11) is 0. The van der Waals surface area contributed by atoms with Crippen molar-refractivity contribution < 1.29 is 18.0 Å². The number of nitrogens with two attached hydrogens (primary N) is 1. The third-order valence-electron chi connectivity index (χ3n) is 6.71. The van der Waals surface area contributed by atoms with E-state index in [9.17, 15) is 18.0 Å². The topological polar surface area (TPSA) is 80.3 Å². The number of piperidine rings is 1. The molecule has 2 aromatic heterocycles. The fourth-order valence-corrected chi connectivity index (χ4v) is 4.87. The van der Waals surface area contributed by atoms with E-state index in [-0.39, 0.29) is 17.9 Å². The number of nitrogen functional groups attached to an aromatic ring is 1. The van der Waals surface area contributed by atoms with Crippen LogP contribution in [0.5, 0.6) is 0 Å². The van der Waals surface area contributed by atoms with E-state index in [1.807, 2.05) is 13.0 Å². The van der Waals surface area contributed by atoms with Crippen LogP contribution >= 0.6 is 0 Å². The van der Waals surface area contributed by atoms with Gasteiger partial charge in [0.15, 0.2) is 0 Å². The lowest BCUT2D eigenvalue weighted by atomic mass is 9.88. The van der Waals surface area contributed by atoms with E-state index >= 15 is 0 Å². The maximum atomic E-state index is 13.5. The molecule has 0 spiro atoms. The number of fused-ring (bicyclic) bond motifs is 1. The summed E-state index contributed by atoms with van der Waals surface area (Å²) in [5, 5.41) is 4.51. The summed E-state index contributed by atoms with van der Waals surface area (Å²) in [5.74, 6) is 0.427. The number of anilines is 3. The third kappa shape index (κ3) is 3.97. The van der Waals surface area contributed by atoms with Crippen molar-refractivity contribution in [3.63, 3.8) is 0 Å². The molecule has 1 amide bonds. The van der Waals surface area contributed by atoms with Crippen LogP contribution in [0.25, 0.3) is 0 Å². The Morgan fingerprint density at radius 2 is 1.68 bits per heavy atom. The Labute approximate surface area is 195 Å². The number of rotatable bonds is 3. The highest BCUT2D eigenvalue weighted by Crippen LogP contribution is 2.37. The largest absolute Gasteiger partial charge is 0.416 e. The minimum atomic E-state index is -4.42. The zero-order valence-electron chi connectivity index (χ0n) is 18.7. The number of hydrogen-bond donors (Lipinski definition) is 1. The molecule has 4 heterocycles. The van der Waals surface area contributed by atoms with Gasteiger partial charge >= 0.3 is 6.18 Å². The van der Waals surface area contributed by atoms with Crippen LogP contribution in [-0.4, -0.2) is 40.3 Å². The first-order chi connectivity index (χ1) is 16.2. The number of nitrogens with zero attached hydrogens (tertiary/aromatic N) is 5. The number of benzene rings is 1. The number of amides is 1. The van der Waals surface area contributed by atoms with E-state index in [1.54, 1.807) is 28.0 Å². The van der Waals surface area contributed by atoms with Crippen LogP contribution in [0.1, 0.15) is 53.3 Å². The molecule has 5 rings (SSSR count). The van der Waals surface area contributed by atoms with Gasteiger partial charge < -0.3 is 15.5 Å². The summed E-state index contributed by atoms with van der Waals surface area (Å²) < 4.78 is 40.6. The van der Waals surface area contributed by atoms with Crippen LogP contribution < -0.4 is 15.5 Å². The Hall–Kier alpha value is -3.56. The average Bonchev–Trinajstić information content (AvgIpc) is 3.28. The lowest BCUT2D eigenvalue weighted by Gasteiger charge is -2.35. The Kier molecular flexibility index (Phi) is 5.45. The molecule has 178 valence electrons. The number of alkyl halides is 3. The minimum Gasteiger partial charge on any atom is -0.384 e. The molecule has 0 bridgehead atoms. The second-order valence-corrected chi connectivity index (χ2v) is 8.91. The molecule has 2 aliphatic heterocycles. The molecular formula is C24H25F3N6O. The quantitative estimate of drug-likeness (QED) is 0.610. The molecule has 0 radical (unpaired) electrons. The van der Waals surface area contributed by atoms with Crippen molar-refractivity contribution in [2.45, 2.75) is 37.9 Å². The number of pyridine rings is 1. The summed E-state index contributed by atoms with van der Waals surface area (Å²) in [5.41, 5.74) is 7.86. The second-order valence-electron chi connectivity index (χ2n) is 8.91. The number of aromatic nitrogens is 3. The van der Waals surface area contributed by atoms with Crippen molar-refractivity contribution in [1.82, 2.24) is 14.8 Å². The molecule has 0 saturated carbocycles. The predicted octanol–water partition coefficient (Wildman–Crippen LogP) is 4.48. The van der Waals surface area contributed by atoms with Gasteiger partial charge in [-0.1, -0.05) is 0 Å². The van der Waals surface area contributed by atoms with Crippen LogP contribution in [0.2, 0.25) is 0 Å². The van der Waals surface area contributed by atoms with Crippen LogP contribution in [0.15, 0.2) is 48.8 Å². The Morgan fingerprint density at radius 1 is 1.00 bits per heavy atom. The van der Waals surface area contributed by atoms with E-state index in [0.29, 0.717) is 23.7 Å². The molecule has 2 N–H and O–H groups in total. The van der Waals surface area contributed by atoms with Gasteiger partial charge in [0, 0.05) is 30.9 Å². The van der Waals surface area contributed by atoms with Gasteiger partial charge in [0.1, 0.15) is 11.5 Å². The van der Waals surface area contributed by atoms with E-state index in [1.165, 1.54) is 12.1 Å². The number of carbonyl (C=O) groups is 1. The summed E-state index contributed by atoms with van der Waals surface area (Å²) >= 11 is 0. The van der Waals surface area contributed by atoms with Crippen molar-refractivity contribution in [2.75, 3.05) is 35.2 Å². The number of hydrogen-bond acceptors (Lipinski definition) is 5. The van der Waals surface area contributed by atoms with Crippen molar-refractivity contribution in [1.29, 1.82) is 0 Å². The van der Waals surface area contributed by atoms with Crippen LogP contribution in [-0.2, 0) is 6.18 Å². The van der Waals surface area contributed by atoms with E-state index in [2.05, 4.69) is 15.0 Å². The monoisotopic (exact) mass is 470 g/mol. The molecule has 1 unspecified atom stereocenters. The van der Waals surface area contributed by atoms with Crippen molar-refractivity contribution >= 4 is 23.1 Å². The fourth-order valence-electron chi connectivity index (χ4n) is 4.87. The van der Waals surface area contributed by atoms with Crippen molar-refractivity contribution in [3.05, 3.63) is 65.6 Å². The highest BCUT2D eigenvalue weighted by Gasteiger charge is 2.37. The van der Waals surface area contributed by atoms with Gasteiger partial charge in [0.05, 0.1) is 29.7 Å². The van der Waals surface area contributed by atoms with E-state index in [4.69, 9.17) is 5.73 Å². The van der Waals surface area contributed by atoms with E-state index < -0.39 is 11.7 Å². The highest BCUT2D eigenvalue weighted by atomic mass is 19.4. The Balaban J connectivity index is 1.36. The van der Waals surface area contributed by atoms with E-state index in [0.717, 1.165) is 49.3 Å². The fraction of sp³-hybridized carbons (Fsp3) is 0.375. The molecule has 34 heavy (non-hydrogen) atoms. The summed E-state index contributed by atoms with van der Waals surface area (Å²) in [6.45, 7) is 3.93. The third-order valence-corrected chi connectivity index (χ3v) is 6.71. The van der Waals surface area contributed by atoms with Crippen LogP contribution in [0.4, 0.5) is 30.4 Å². The number of carbonyl (C=O) groups excluding carboxylic acids is 1. The van der Waals surface area contributed by atoms with Gasteiger partial charge in [-0.15, -0.1) is 0 Å². The van der Waals surface area contributed by atoms with Gasteiger partial charge in [0.25, 0.3) is 5.91 Å². The van der Waals surface area contributed by atoms with Gasteiger partial charge in [-0.05, 0) is 62.1 Å². The number of halogens is 3. The van der Waals surface area contributed by atoms with Crippen LogP contribution in [0.3, 0.4) is 0 Å². The molecule has 10 heteroatoms. The zero-order chi connectivity index (χ0) is 24.0. The highest BCUT2D eigenvalue weighted by molar-refractivity contribution is 6.06. The lowest BCUT2D eigenvalue weighted by Crippen LogP contribution is -2.43. The summed E-state index contributed by atoms with van der Waals surface area (Å²) in [6.07, 6.45) is 0.840. The van der Waals surface area contributed by atoms with Gasteiger partial charge in [0.2, 0.25) is 0 Å². The average molecular weight is 470 g/mol. The predicted molar refractivity (Wildman–Crippen MR) is 123 cm³/mol. The first kappa shape index (κ1) is 22.2. The molecule has 2 aliphatic rings. The SMILES string of the molecule is CC1CN(c2ccc(C(F)(F)F)cc2)C(=O)c2c(C3CCN(c4ccc(N)nc4)CC3)cnn21. The smallest absolute Gasteiger partial charge is 0.384 e. The molecule has 1 aromatic carbocycles. The first-order valence-electron chi connectivity index (χ1n) is 11.3. The minimum absolute atomic E-state index is 0.0929. The second kappa shape index (κ2) is 8.34.